The number of amides is 1. The third-order valence-corrected chi connectivity index (χ3v) is 3.94. The van der Waals surface area contributed by atoms with E-state index in [2.05, 4.69) is 21.2 Å². The van der Waals surface area contributed by atoms with Crippen LogP contribution in [0.2, 0.25) is 0 Å². The van der Waals surface area contributed by atoms with E-state index >= 15 is 0 Å². The number of nitrogens with one attached hydrogen (secondary N) is 1. The second-order valence-electron chi connectivity index (χ2n) is 4.78. The quantitative estimate of drug-likeness (QED) is 0.902. The lowest BCUT2D eigenvalue weighted by Gasteiger charge is -2.09. The first-order chi connectivity index (χ1) is 9.11. The molecular formula is C15H18BrNO2. The fourth-order valence-corrected chi connectivity index (χ4v) is 2.25. The zero-order valence-corrected chi connectivity index (χ0v) is 12.8. The Balaban J connectivity index is 2.21. The molecular weight excluding hydrogens is 306 g/mol. The average molecular weight is 324 g/mol. The Labute approximate surface area is 122 Å². The normalized spacial score (nSPS) is 14.9. The van der Waals surface area contributed by atoms with Crippen LogP contribution in [0, 0.1) is 6.92 Å². The van der Waals surface area contributed by atoms with Crippen molar-refractivity contribution in [2.45, 2.75) is 25.8 Å². The van der Waals surface area contributed by atoms with Crippen LogP contribution in [0.1, 0.15) is 34.3 Å². The van der Waals surface area contributed by atoms with E-state index in [-0.39, 0.29) is 5.91 Å². The minimum atomic E-state index is 0.00425. The molecule has 1 fully saturated rings. The van der Waals surface area contributed by atoms with Crippen molar-refractivity contribution in [2.75, 3.05) is 13.7 Å². The van der Waals surface area contributed by atoms with Crippen LogP contribution in [0.25, 0.3) is 6.08 Å². The number of carbonyl (C=O) groups is 1. The molecule has 0 unspecified atom stereocenters. The van der Waals surface area contributed by atoms with Crippen molar-refractivity contribution in [1.29, 1.82) is 0 Å². The van der Waals surface area contributed by atoms with Gasteiger partial charge in [-0.25, -0.2) is 0 Å². The molecule has 0 heterocycles. The summed E-state index contributed by atoms with van der Waals surface area (Å²) in [6.07, 6.45) is 6.12. The van der Waals surface area contributed by atoms with Gasteiger partial charge in [-0.15, -0.1) is 0 Å². The van der Waals surface area contributed by atoms with E-state index in [9.17, 15) is 4.79 Å². The molecule has 0 saturated heterocycles. The van der Waals surface area contributed by atoms with Gasteiger partial charge in [0.05, 0.1) is 6.61 Å². The molecule has 0 bridgehead atoms. The van der Waals surface area contributed by atoms with Gasteiger partial charge in [0.25, 0.3) is 5.91 Å². The number of rotatable bonds is 5. The van der Waals surface area contributed by atoms with Crippen LogP contribution in [-0.4, -0.2) is 25.7 Å². The molecule has 1 amide bonds. The van der Waals surface area contributed by atoms with Gasteiger partial charge in [0.1, 0.15) is 0 Å². The Hall–Kier alpha value is -1.13. The average Bonchev–Trinajstić information content (AvgIpc) is 3.18. The van der Waals surface area contributed by atoms with Crippen molar-refractivity contribution in [3.8, 4) is 0 Å². The molecule has 1 aromatic carbocycles. The monoisotopic (exact) mass is 323 g/mol. The fraction of sp³-hybridized carbons (Fsp3) is 0.400. The summed E-state index contributed by atoms with van der Waals surface area (Å²) in [5.74, 6) is 0.00425. The SMILES string of the molecule is COCC=Cc1cc(C(=O)NC2CC2)cc(Br)c1C. The predicted octanol–water partition coefficient (Wildman–Crippen LogP) is 3.31. The number of methoxy groups -OCH3 is 1. The maximum absolute atomic E-state index is 12.1. The minimum Gasteiger partial charge on any atom is -0.381 e. The van der Waals surface area contributed by atoms with Crippen molar-refractivity contribution in [3.05, 3.63) is 39.4 Å². The number of halogens is 1. The highest BCUT2D eigenvalue weighted by atomic mass is 79.9. The lowest BCUT2D eigenvalue weighted by Crippen LogP contribution is -2.25. The highest BCUT2D eigenvalue weighted by molar-refractivity contribution is 9.10. The van der Waals surface area contributed by atoms with Crippen LogP contribution in [0.4, 0.5) is 0 Å². The fourth-order valence-electron chi connectivity index (χ4n) is 1.77. The third kappa shape index (κ3) is 3.91. The zero-order chi connectivity index (χ0) is 13.8. The smallest absolute Gasteiger partial charge is 0.251 e. The molecule has 0 aromatic heterocycles. The van der Waals surface area contributed by atoms with Crippen LogP contribution in [0.5, 0.6) is 0 Å². The maximum atomic E-state index is 12.1. The highest BCUT2D eigenvalue weighted by Crippen LogP contribution is 2.25. The molecule has 1 aliphatic carbocycles. The summed E-state index contributed by atoms with van der Waals surface area (Å²) in [6.45, 7) is 2.59. The molecule has 3 nitrogen and oxygen atoms in total. The van der Waals surface area contributed by atoms with Gasteiger partial charge in [-0.1, -0.05) is 28.1 Å². The van der Waals surface area contributed by atoms with E-state index in [1.165, 1.54) is 0 Å². The number of benzene rings is 1. The molecule has 19 heavy (non-hydrogen) atoms. The van der Waals surface area contributed by atoms with Gasteiger partial charge in [0.15, 0.2) is 0 Å². The van der Waals surface area contributed by atoms with Gasteiger partial charge in [-0.3, -0.25) is 4.79 Å². The summed E-state index contributed by atoms with van der Waals surface area (Å²) < 4.78 is 5.95. The molecule has 1 N–H and O–H groups in total. The minimum absolute atomic E-state index is 0.00425. The Kier molecular flexibility index (Phi) is 4.77. The zero-order valence-electron chi connectivity index (χ0n) is 11.2. The van der Waals surface area contributed by atoms with Crippen LogP contribution in [0.3, 0.4) is 0 Å². The van der Waals surface area contributed by atoms with Crippen molar-refractivity contribution in [2.24, 2.45) is 0 Å². The third-order valence-electron chi connectivity index (χ3n) is 3.12. The maximum Gasteiger partial charge on any atom is 0.251 e. The number of carbonyl (C=O) groups excluding carboxylic acids is 1. The topological polar surface area (TPSA) is 38.3 Å². The van der Waals surface area contributed by atoms with Crippen molar-refractivity contribution in [3.63, 3.8) is 0 Å². The molecule has 4 heteroatoms. The van der Waals surface area contributed by atoms with Crippen LogP contribution in [-0.2, 0) is 4.74 Å². The van der Waals surface area contributed by atoms with E-state index in [0.717, 1.165) is 28.4 Å². The largest absolute Gasteiger partial charge is 0.381 e. The molecule has 2 rings (SSSR count). The molecule has 1 aromatic rings. The number of hydrogen-bond acceptors (Lipinski definition) is 2. The molecule has 1 aliphatic rings. The molecule has 102 valence electrons. The molecule has 1 saturated carbocycles. The van der Waals surface area contributed by atoms with E-state index in [1.807, 2.05) is 31.2 Å². The second-order valence-corrected chi connectivity index (χ2v) is 5.63. The van der Waals surface area contributed by atoms with Gasteiger partial charge >= 0.3 is 0 Å². The van der Waals surface area contributed by atoms with Gasteiger partial charge in [0.2, 0.25) is 0 Å². The Morgan fingerprint density at radius 3 is 2.89 bits per heavy atom. The van der Waals surface area contributed by atoms with E-state index < -0.39 is 0 Å². The molecule has 0 aliphatic heterocycles. The van der Waals surface area contributed by atoms with Crippen LogP contribution >= 0.6 is 15.9 Å². The standard InChI is InChI=1S/C15H18BrNO2/c1-10-11(4-3-7-19-2)8-12(9-14(10)16)15(18)17-13-5-6-13/h3-4,8-9,13H,5-7H2,1-2H3,(H,17,18). The summed E-state index contributed by atoms with van der Waals surface area (Å²) in [5, 5.41) is 3.00. The molecule has 0 spiro atoms. The van der Waals surface area contributed by atoms with Gasteiger partial charge in [0, 0.05) is 23.2 Å². The van der Waals surface area contributed by atoms with Crippen LogP contribution < -0.4 is 5.32 Å². The van der Waals surface area contributed by atoms with Crippen molar-refractivity contribution < 1.29 is 9.53 Å². The summed E-state index contributed by atoms with van der Waals surface area (Å²) in [5.41, 5.74) is 2.85. The Morgan fingerprint density at radius 2 is 2.26 bits per heavy atom. The van der Waals surface area contributed by atoms with Crippen LogP contribution in [0.15, 0.2) is 22.7 Å². The van der Waals surface area contributed by atoms with Crippen molar-refractivity contribution >= 4 is 27.9 Å². The van der Waals surface area contributed by atoms with E-state index in [4.69, 9.17) is 4.74 Å². The van der Waals surface area contributed by atoms with E-state index in [1.54, 1.807) is 7.11 Å². The molecule has 0 radical (unpaired) electrons. The highest BCUT2D eigenvalue weighted by Gasteiger charge is 2.24. The first kappa shape index (κ1) is 14.3. The summed E-state index contributed by atoms with van der Waals surface area (Å²) >= 11 is 3.51. The molecule has 0 atom stereocenters. The van der Waals surface area contributed by atoms with Gasteiger partial charge in [-0.2, -0.15) is 0 Å². The lowest BCUT2D eigenvalue weighted by atomic mass is 10.0. The Bertz CT molecular complexity index is 507. The van der Waals surface area contributed by atoms with Crippen molar-refractivity contribution in [1.82, 2.24) is 5.32 Å². The summed E-state index contributed by atoms with van der Waals surface area (Å²) in [4.78, 5) is 12.1. The first-order valence-electron chi connectivity index (χ1n) is 6.38. The van der Waals surface area contributed by atoms with E-state index in [0.29, 0.717) is 18.2 Å². The second kappa shape index (κ2) is 6.35. The number of hydrogen-bond donors (Lipinski definition) is 1. The Morgan fingerprint density at radius 1 is 1.53 bits per heavy atom. The summed E-state index contributed by atoms with van der Waals surface area (Å²) in [7, 11) is 1.66. The van der Waals surface area contributed by atoms with Gasteiger partial charge < -0.3 is 10.1 Å². The predicted molar refractivity (Wildman–Crippen MR) is 80.3 cm³/mol. The first-order valence-corrected chi connectivity index (χ1v) is 7.17. The number of ether oxygens (including phenoxy) is 1. The lowest BCUT2D eigenvalue weighted by molar-refractivity contribution is 0.0951. The van der Waals surface area contributed by atoms with Gasteiger partial charge in [-0.05, 0) is 43.0 Å². The summed E-state index contributed by atoms with van der Waals surface area (Å²) in [6, 6.07) is 4.17.